The lowest BCUT2D eigenvalue weighted by Crippen LogP contribution is -2.26. The molecule has 0 aliphatic rings. The minimum atomic E-state index is -0.733. The van der Waals surface area contributed by atoms with E-state index in [1.807, 2.05) is 30.3 Å². The first-order valence-electron chi connectivity index (χ1n) is 5.90. The lowest BCUT2D eigenvalue weighted by Gasteiger charge is -2.06. The molecular formula is C14H12N2O4. The number of rotatable bonds is 4. The van der Waals surface area contributed by atoms with Gasteiger partial charge in [-0.1, -0.05) is 42.5 Å². The van der Waals surface area contributed by atoms with Gasteiger partial charge in [0, 0.05) is 12.6 Å². The summed E-state index contributed by atoms with van der Waals surface area (Å²) in [5, 5.41) is 13.3. The lowest BCUT2D eigenvalue weighted by atomic mass is 10.2. The number of carbonyl (C=O) groups is 1. The number of para-hydroxylation sites is 2. The first kappa shape index (κ1) is 13.5. The number of nitro benzene ring substituents is 1. The third kappa shape index (κ3) is 3.55. The van der Waals surface area contributed by atoms with E-state index in [1.54, 1.807) is 6.07 Å². The number of hydrogen-bond acceptors (Lipinski definition) is 4. The SMILES string of the molecule is O=C(NCc1ccccc1)Oc1ccccc1[N+](=O)[O-]. The molecule has 2 aromatic carbocycles. The molecule has 20 heavy (non-hydrogen) atoms. The maximum Gasteiger partial charge on any atom is 0.413 e. The third-order valence-corrected chi connectivity index (χ3v) is 2.54. The molecule has 0 saturated carbocycles. The van der Waals surface area contributed by atoms with Crippen molar-refractivity contribution in [3.8, 4) is 5.75 Å². The first-order valence-corrected chi connectivity index (χ1v) is 5.90. The van der Waals surface area contributed by atoms with Gasteiger partial charge in [-0.05, 0) is 11.6 Å². The van der Waals surface area contributed by atoms with Gasteiger partial charge in [0.15, 0.2) is 0 Å². The van der Waals surface area contributed by atoms with Crippen LogP contribution in [0, 0.1) is 10.1 Å². The standard InChI is InChI=1S/C14H12N2O4/c17-14(15-10-11-6-2-1-3-7-11)20-13-9-5-4-8-12(13)16(18)19/h1-9H,10H2,(H,15,17). The molecule has 0 aliphatic heterocycles. The zero-order chi connectivity index (χ0) is 14.4. The predicted octanol–water partition coefficient (Wildman–Crippen LogP) is 2.88. The van der Waals surface area contributed by atoms with Crippen molar-refractivity contribution in [3.63, 3.8) is 0 Å². The van der Waals surface area contributed by atoms with Crippen LogP contribution in [0.15, 0.2) is 54.6 Å². The van der Waals surface area contributed by atoms with Gasteiger partial charge in [-0.25, -0.2) is 4.79 Å². The van der Waals surface area contributed by atoms with Gasteiger partial charge in [-0.3, -0.25) is 10.1 Å². The minimum absolute atomic E-state index is 0.0805. The second-order valence-electron chi connectivity index (χ2n) is 3.95. The summed E-state index contributed by atoms with van der Waals surface area (Å²) >= 11 is 0. The second-order valence-corrected chi connectivity index (χ2v) is 3.95. The number of benzene rings is 2. The van der Waals surface area contributed by atoms with Crippen LogP contribution in [0.4, 0.5) is 10.5 Å². The fraction of sp³-hybridized carbons (Fsp3) is 0.0714. The summed E-state index contributed by atoms with van der Waals surface area (Å²) in [5.74, 6) is -0.0805. The molecule has 1 N–H and O–H groups in total. The Morgan fingerprint density at radius 1 is 1.10 bits per heavy atom. The van der Waals surface area contributed by atoms with E-state index in [0.717, 1.165) is 5.56 Å². The van der Waals surface area contributed by atoms with E-state index in [-0.39, 0.29) is 11.4 Å². The molecule has 0 atom stereocenters. The van der Waals surface area contributed by atoms with Crippen molar-refractivity contribution in [3.05, 3.63) is 70.3 Å². The van der Waals surface area contributed by atoms with Gasteiger partial charge in [-0.15, -0.1) is 0 Å². The molecule has 6 heteroatoms. The zero-order valence-electron chi connectivity index (χ0n) is 10.5. The Kier molecular flexibility index (Phi) is 4.28. The monoisotopic (exact) mass is 272 g/mol. The second kappa shape index (κ2) is 6.33. The number of nitrogens with one attached hydrogen (secondary N) is 1. The summed E-state index contributed by atoms with van der Waals surface area (Å²) < 4.78 is 4.94. The Balaban J connectivity index is 1.97. The average molecular weight is 272 g/mol. The molecule has 0 fully saturated rings. The van der Waals surface area contributed by atoms with Gasteiger partial charge in [0.25, 0.3) is 0 Å². The molecule has 102 valence electrons. The minimum Gasteiger partial charge on any atom is -0.403 e. The highest BCUT2D eigenvalue weighted by Gasteiger charge is 2.16. The summed E-state index contributed by atoms with van der Waals surface area (Å²) in [7, 11) is 0. The van der Waals surface area contributed by atoms with E-state index >= 15 is 0 Å². The Labute approximate surface area is 115 Å². The zero-order valence-corrected chi connectivity index (χ0v) is 10.5. The Morgan fingerprint density at radius 2 is 1.75 bits per heavy atom. The van der Waals surface area contributed by atoms with Crippen molar-refractivity contribution in [1.82, 2.24) is 5.32 Å². The lowest BCUT2D eigenvalue weighted by molar-refractivity contribution is -0.385. The van der Waals surface area contributed by atoms with E-state index in [1.165, 1.54) is 18.2 Å². The van der Waals surface area contributed by atoms with Gasteiger partial charge >= 0.3 is 11.8 Å². The van der Waals surface area contributed by atoms with Gasteiger partial charge in [0.1, 0.15) is 0 Å². The molecule has 1 amide bonds. The Morgan fingerprint density at radius 3 is 2.45 bits per heavy atom. The first-order chi connectivity index (χ1) is 9.66. The van der Waals surface area contributed by atoms with Crippen LogP contribution in [0.1, 0.15) is 5.56 Å². The number of amides is 1. The average Bonchev–Trinajstić information content (AvgIpc) is 2.46. The molecule has 0 aliphatic carbocycles. The maximum absolute atomic E-state index is 11.6. The Bertz CT molecular complexity index is 614. The van der Waals surface area contributed by atoms with Crippen LogP contribution in [-0.4, -0.2) is 11.0 Å². The number of ether oxygens (including phenoxy) is 1. The fourth-order valence-electron chi connectivity index (χ4n) is 1.60. The van der Waals surface area contributed by atoms with Crippen LogP contribution in [-0.2, 0) is 6.54 Å². The molecule has 0 heterocycles. The molecule has 0 spiro atoms. The number of nitro groups is 1. The number of nitrogens with zero attached hydrogens (tertiary/aromatic N) is 1. The molecule has 0 saturated heterocycles. The van der Waals surface area contributed by atoms with Crippen LogP contribution < -0.4 is 10.1 Å². The van der Waals surface area contributed by atoms with Gasteiger partial charge < -0.3 is 10.1 Å². The van der Waals surface area contributed by atoms with Gasteiger partial charge in [0.05, 0.1) is 4.92 Å². The van der Waals surface area contributed by atoms with E-state index in [9.17, 15) is 14.9 Å². The van der Waals surface area contributed by atoms with E-state index in [4.69, 9.17) is 4.74 Å². The number of hydrogen-bond donors (Lipinski definition) is 1. The molecule has 2 rings (SSSR count). The highest BCUT2D eigenvalue weighted by molar-refractivity contribution is 5.72. The quantitative estimate of drug-likeness (QED) is 0.685. The molecule has 0 bridgehead atoms. The predicted molar refractivity (Wildman–Crippen MR) is 72.4 cm³/mol. The van der Waals surface area contributed by atoms with Crippen molar-refractivity contribution < 1.29 is 14.5 Å². The van der Waals surface area contributed by atoms with Gasteiger partial charge in [-0.2, -0.15) is 0 Å². The normalized spacial score (nSPS) is 9.80. The van der Waals surface area contributed by atoms with E-state index in [0.29, 0.717) is 6.54 Å². The molecular weight excluding hydrogens is 260 g/mol. The highest BCUT2D eigenvalue weighted by Crippen LogP contribution is 2.25. The van der Waals surface area contributed by atoms with Crippen molar-refractivity contribution in [2.45, 2.75) is 6.54 Å². The van der Waals surface area contributed by atoms with Crippen LogP contribution in [0.2, 0.25) is 0 Å². The summed E-state index contributed by atoms with van der Waals surface area (Å²) in [6, 6.07) is 15.0. The molecule has 0 unspecified atom stereocenters. The third-order valence-electron chi connectivity index (χ3n) is 2.54. The summed E-state index contributed by atoms with van der Waals surface area (Å²) in [6.45, 7) is 0.292. The Hall–Kier alpha value is -2.89. The van der Waals surface area contributed by atoms with Crippen LogP contribution in [0.25, 0.3) is 0 Å². The molecule has 6 nitrogen and oxygen atoms in total. The van der Waals surface area contributed by atoms with Crippen LogP contribution in [0.3, 0.4) is 0 Å². The largest absolute Gasteiger partial charge is 0.413 e. The fourth-order valence-corrected chi connectivity index (χ4v) is 1.60. The molecule has 0 aromatic heterocycles. The van der Waals surface area contributed by atoms with Crippen LogP contribution in [0.5, 0.6) is 5.75 Å². The summed E-state index contributed by atoms with van der Waals surface area (Å²) in [4.78, 5) is 21.8. The molecule has 2 aromatic rings. The smallest absolute Gasteiger partial charge is 0.403 e. The van der Waals surface area contributed by atoms with Crippen LogP contribution >= 0.6 is 0 Å². The highest BCUT2D eigenvalue weighted by atomic mass is 16.6. The van der Waals surface area contributed by atoms with Crippen molar-refractivity contribution >= 4 is 11.8 Å². The van der Waals surface area contributed by atoms with E-state index < -0.39 is 11.0 Å². The maximum atomic E-state index is 11.6. The van der Waals surface area contributed by atoms with Crippen molar-refractivity contribution in [2.75, 3.05) is 0 Å². The molecule has 0 radical (unpaired) electrons. The van der Waals surface area contributed by atoms with Gasteiger partial charge in [0.2, 0.25) is 5.75 Å². The topological polar surface area (TPSA) is 81.5 Å². The summed E-state index contributed by atoms with van der Waals surface area (Å²) in [5.41, 5.74) is 0.661. The van der Waals surface area contributed by atoms with Crippen molar-refractivity contribution in [1.29, 1.82) is 0 Å². The number of carbonyl (C=O) groups excluding carboxylic acids is 1. The van der Waals surface area contributed by atoms with Crippen molar-refractivity contribution in [2.24, 2.45) is 0 Å². The summed E-state index contributed by atoms with van der Waals surface area (Å²) in [6.07, 6.45) is -0.733. The van der Waals surface area contributed by atoms with E-state index in [2.05, 4.69) is 5.32 Å².